The second kappa shape index (κ2) is 8.62. The fourth-order valence-corrected chi connectivity index (χ4v) is 3.36. The van der Waals surface area contributed by atoms with Crippen LogP contribution in [0.3, 0.4) is 0 Å². The molecule has 3 heteroatoms. The van der Waals surface area contributed by atoms with Gasteiger partial charge in [0.05, 0.1) is 0 Å². The van der Waals surface area contributed by atoms with Crippen molar-refractivity contribution < 1.29 is 0 Å². The first-order chi connectivity index (χ1) is 9.38. The van der Waals surface area contributed by atoms with Gasteiger partial charge in [-0.25, -0.2) is 0 Å². The SMILES string of the molecule is CCNCc1ccc(SCCN2CCCCC2)cc1. The summed E-state index contributed by atoms with van der Waals surface area (Å²) in [6, 6.07) is 9.00. The van der Waals surface area contributed by atoms with Crippen molar-refractivity contribution >= 4 is 11.8 Å². The highest BCUT2D eigenvalue weighted by molar-refractivity contribution is 7.99. The third-order valence-electron chi connectivity index (χ3n) is 3.63. The van der Waals surface area contributed by atoms with E-state index < -0.39 is 0 Å². The fourth-order valence-electron chi connectivity index (χ4n) is 2.45. The smallest absolute Gasteiger partial charge is 0.0205 e. The molecule has 1 aromatic rings. The van der Waals surface area contributed by atoms with Gasteiger partial charge in [-0.3, -0.25) is 0 Å². The summed E-state index contributed by atoms with van der Waals surface area (Å²) >= 11 is 1.98. The van der Waals surface area contributed by atoms with Crippen molar-refractivity contribution in [2.24, 2.45) is 0 Å². The van der Waals surface area contributed by atoms with Gasteiger partial charge >= 0.3 is 0 Å². The number of thioether (sulfide) groups is 1. The van der Waals surface area contributed by atoms with Crippen LogP contribution in [-0.2, 0) is 6.54 Å². The van der Waals surface area contributed by atoms with Gasteiger partial charge in [-0.05, 0) is 50.2 Å². The molecule has 1 saturated heterocycles. The number of nitrogens with zero attached hydrogens (tertiary/aromatic N) is 1. The maximum absolute atomic E-state index is 3.36. The van der Waals surface area contributed by atoms with E-state index in [-0.39, 0.29) is 0 Å². The average Bonchev–Trinajstić information content (AvgIpc) is 2.47. The largest absolute Gasteiger partial charge is 0.313 e. The summed E-state index contributed by atoms with van der Waals surface area (Å²) in [4.78, 5) is 4.01. The molecule has 0 amide bonds. The van der Waals surface area contributed by atoms with Crippen molar-refractivity contribution in [3.05, 3.63) is 29.8 Å². The molecule has 1 aliphatic rings. The monoisotopic (exact) mass is 278 g/mol. The minimum absolute atomic E-state index is 0.981. The molecule has 1 N–H and O–H groups in total. The molecule has 2 rings (SSSR count). The van der Waals surface area contributed by atoms with Gasteiger partial charge in [-0.1, -0.05) is 25.5 Å². The lowest BCUT2D eigenvalue weighted by atomic mass is 10.1. The second-order valence-electron chi connectivity index (χ2n) is 5.18. The summed E-state index contributed by atoms with van der Waals surface area (Å²) in [5, 5.41) is 3.36. The van der Waals surface area contributed by atoms with Crippen molar-refractivity contribution in [1.29, 1.82) is 0 Å². The fraction of sp³-hybridized carbons (Fsp3) is 0.625. The predicted octanol–water partition coefficient (Wildman–Crippen LogP) is 3.37. The van der Waals surface area contributed by atoms with Crippen LogP contribution >= 0.6 is 11.8 Å². The first-order valence-electron chi connectivity index (χ1n) is 7.53. The van der Waals surface area contributed by atoms with E-state index in [9.17, 15) is 0 Å². The lowest BCUT2D eigenvalue weighted by molar-refractivity contribution is 0.242. The summed E-state index contributed by atoms with van der Waals surface area (Å²) in [6.07, 6.45) is 4.21. The lowest BCUT2D eigenvalue weighted by Gasteiger charge is -2.26. The van der Waals surface area contributed by atoms with E-state index in [4.69, 9.17) is 0 Å². The summed E-state index contributed by atoms with van der Waals surface area (Å²) < 4.78 is 0. The van der Waals surface area contributed by atoms with Crippen LogP contribution in [0.4, 0.5) is 0 Å². The van der Waals surface area contributed by atoms with Crippen molar-refractivity contribution in [1.82, 2.24) is 10.2 Å². The topological polar surface area (TPSA) is 15.3 Å². The summed E-state index contributed by atoms with van der Waals surface area (Å²) in [6.45, 7) is 8.01. The van der Waals surface area contributed by atoms with E-state index >= 15 is 0 Å². The molecule has 0 unspecified atom stereocenters. The first kappa shape index (κ1) is 14.9. The molecule has 0 bridgehead atoms. The lowest BCUT2D eigenvalue weighted by Crippen LogP contribution is -2.31. The van der Waals surface area contributed by atoms with Crippen molar-refractivity contribution in [2.75, 3.05) is 31.9 Å². The Balaban J connectivity index is 1.67. The van der Waals surface area contributed by atoms with Crippen LogP contribution in [0.1, 0.15) is 31.7 Å². The Morgan fingerprint density at radius 3 is 2.53 bits per heavy atom. The van der Waals surface area contributed by atoms with Gasteiger partial charge in [0, 0.05) is 23.7 Å². The van der Waals surface area contributed by atoms with Gasteiger partial charge in [-0.2, -0.15) is 0 Å². The molecule has 1 heterocycles. The molecule has 1 aliphatic heterocycles. The Morgan fingerprint density at radius 2 is 1.84 bits per heavy atom. The zero-order valence-corrected chi connectivity index (χ0v) is 12.8. The first-order valence-corrected chi connectivity index (χ1v) is 8.52. The third kappa shape index (κ3) is 5.55. The standard InChI is InChI=1S/C16H26N2S/c1-2-17-14-15-6-8-16(9-7-15)19-13-12-18-10-4-3-5-11-18/h6-9,17H,2-5,10-14H2,1H3. The van der Waals surface area contributed by atoms with E-state index in [1.54, 1.807) is 0 Å². The molecule has 2 nitrogen and oxygen atoms in total. The van der Waals surface area contributed by atoms with Crippen LogP contribution < -0.4 is 5.32 Å². The number of piperidine rings is 1. The predicted molar refractivity (Wildman–Crippen MR) is 84.8 cm³/mol. The molecule has 19 heavy (non-hydrogen) atoms. The number of benzene rings is 1. The maximum Gasteiger partial charge on any atom is 0.0205 e. The zero-order chi connectivity index (χ0) is 13.3. The van der Waals surface area contributed by atoms with Crippen molar-refractivity contribution in [3.8, 4) is 0 Å². The molecule has 0 radical (unpaired) electrons. The second-order valence-corrected chi connectivity index (χ2v) is 6.34. The van der Waals surface area contributed by atoms with Crippen LogP contribution in [0, 0.1) is 0 Å². The molecular weight excluding hydrogens is 252 g/mol. The van der Waals surface area contributed by atoms with Gasteiger partial charge in [0.2, 0.25) is 0 Å². The molecular formula is C16H26N2S. The Morgan fingerprint density at radius 1 is 1.11 bits per heavy atom. The van der Waals surface area contributed by atoms with Gasteiger partial charge in [-0.15, -0.1) is 11.8 Å². The van der Waals surface area contributed by atoms with E-state index in [1.807, 2.05) is 11.8 Å². The Hall–Kier alpha value is -0.510. The van der Waals surface area contributed by atoms with Crippen LogP contribution in [0.15, 0.2) is 29.2 Å². The minimum Gasteiger partial charge on any atom is -0.313 e. The van der Waals surface area contributed by atoms with Crippen molar-refractivity contribution in [3.63, 3.8) is 0 Å². The number of nitrogens with one attached hydrogen (secondary N) is 1. The molecule has 0 aromatic heterocycles. The van der Waals surface area contributed by atoms with Gasteiger partial charge in [0.15, 0.2) is 0 Å². The van der Waals surface area contributed by atoms with Gasteiger partial charge in [0.1, 0.15) is 0 Å². The highest BCUT2D eigenvalue weighted by atomic mass is 32.2. The molecule has 0 atom stereocenters. The van der Waals surface area contributed by atoms with Gasteiger partial charge in [0.25, 0.3) is 0 Å². The highest BCUT2D eigenvalue weighted by Gasteiger charge is 2.09. The maximum atomic E-state index is 3.36. The highest BCUT2D eigenvalue weighted by Crippen LogP contribution is 2.19. The zero-order valence-electron chi connectivity index (χ0n) is 12.0. The third-order valence-corrected chi connectivity index (χ3v) is 4.62. The molecule has 0 aliphatic carbocycles. The Bertz CT molecular complexity index is 344. The van der Waals surface area contributed by atoms with Crippen LogP contribution in [0.25, 0.3) is 0 Å². The van der Waals surface area contributed by atoms with Crippen LogP contribution in [0.5, 0.6) is 0 Å². The summed E-state index contributed by atoms with van der Waals surface area (Å²) in [7, 11) is 0. The minimum atomic E-state index is 0.981. The molecule has 0 spiro atoms. The van der Waals surface area contributed by atoms with Crippen LogP contribution in [0.2, 0.25) is 0 Å². The molecule has 0 saturated carbocycles. The van der Waals surface area contributed by atoms with E-state index in [0.29, 0.717) is 0 Å². The normalized spacial score (nSPS) is 16.7. The molecule has 1 aromatic carbocycles. The number of hydrogen-bond acceptors (Lipinski definition) is 3. The molecule has 106 valence electrons. The summed E-state index contributed by atoms with van der Waals surface area (Å²) in [5.41, 5.74) is 1.38. The summed E-state index contributed by atoms with van der Waals surface area (Å²) in [5.74, 6) is 1.21. The van der Waals surface area contributed by atoms with E-state index in [1.165, 1.54) is 55.1 Å². The number of likely N-dealkylation sites (tertiary alicyclic amines) is 1. The van der Waals surface area contributed by atoms with E-state index in [2.05, 4.69) is 41.4 Å². The van der Waals surface area contributed by atoms with E-state index in [0.717, 1.165) is 13.1 Å². The molecule has 1 fully saturated rings. The van der Waals surface area contributed by atoms with Gasteiger partial charge < -0.3 is 10.2 Å². The number of rotatable bonds is 7. The Kier molecular flexibility index (Phi) is 6.75. The van der Waals surface area contributed by atoms with Crippen molar-refractivity contribution in [2.45, 2.75) is 37.6 Å². The average molecular weight is 278 g/mol. The Labute approximate surface area is 122 Å². The quantitative estimate of drug-likeness (QED) is 0.770. The van der Waals surface area contributed by atoms with Crippen LogP contribution in [-0.4, -0.2) is 36.8 Å². The number of hydrogen-bond donors (Lipinski definition) is 1.